The Balaban J connectivity index is 1.63. The Morgan fingerprint density at radius 3 is 2.61 bits per heavy atom. The highest BCUT2D eigenvalue weighted by atomic mass is 35.5. The lowest BCUT2D eigenvalue weighted by Gasteiger charge is -2.24. The number of ether oxygens (including phenoxy) is 2. The molecular formula is C23H25ClN4O3. The number of rotatable bonds is 4. The van der Waals surface area contributed by atoms with Crippen LogP contribution in [0.25, 0.3) is 16.6 Å². The van der Waals surface area contributed by atoms with Gasteiger partial charge in [0.1, 0.15) is 17.0 Å². The summed E-state index contributed by atoms with van der Waals surface area (Å²) in [7, 11) is 1.64. The molecule has 0 unspecified atom stereocenters. The molecule has 1 aliphatic heterocycles. The molecule has 1 amide bonds. The van der Waals surface area contributed by atoms with E-state index < -0.39 is 5.60 Å². The van der Waals surface area contributed by atoms with Crippen molar-refractivity contribution in [1.29, 1.82) is 0 Å². The van der Waals surface area contributed by atoms with E-state index in [1.807, 2.05) is 55.8 Å². The van der Waals surface area contributed by atoms with Crippen LogP contribution in [0.3, 0.4) is 0 Å². The van der Waals surface area contributed by atoms with E-state index in [4.69, 9.17) is 26.2 Å². The van der Waals surface area contributed by atoms with Crippen LogP contribution in [0.4, 0.5) is 4.79 Å². The van der Waals surface area contributed by atoms with E-state index in [2.05, 4.69) is 4.98 Å². The van der Waals surface area contributed by atoms with Crippen LogP contribution in [-0.4, -0.2) is 51.6 Å². The predicted octanol–water partition coefficient (Wildman–Crippen LogP) is 4.78. The minimum atomic E-state index is -0.542. The average molecular weight is 441 g/mol. The number of carbonyl (C=O) groups is 1. The molecule has 8 heteroatoms. The number of halogens is 1. The molecule has 3 heterocycles. The predicted molar refractivity (Wildman–Crippen MR) is 120 cm³/mol. The van der Waals surface area contributed by atoms with E-state index in [9.17, 15) is 4.79 Å². The molecule has 162 valence electrons. The highest BCUT2D eigenvalue weighted by Gasteiger charge is 2.28. The number of fused-ring (bicyclic) bond motifs is 1. The standard InChI is InChI=1S/C23H25ClN4O3/c1-23(2,3)31-22(29)27-12-10-16(14-27)20-19-18(24)9-11-25-21(19)28(26-20)13-15-5-7-17(30-4)8-6-15/h5-11H,12-14H2,1-4H3. The van der Waals surface area contributed by atoms with Crippen LogP contribution in [0, 0.1) is 0 Å². The molecule has 2 aromatic heterocycles. The Labute approximate surface area is 186 Å². The van der Waals surface area contributed by atoms with Gasteiger partial charge in [0.15, 0.2) is 5.65 Å². The van der Waals surface area contributed by atoms with Crippen molar-refractivity contribution in [1.82, 2.24) is 19.7 Å². The van der Waals surface area contributed by atoms with Crippen molar-refractivity contribution < 1.29 is 14.3 Å². The Kier molecular flexibility index (Phi) is 5.62. The smallest absolute Gasteiger partial charge is 0.410 e. The summed E-state index contributed by atoms with van der Waals surface area (Å²) >= 11 is 6.54. The summed E-state index contributed by atoms with van der Waals surface area (Å²) in [6.45, 7) is 6.99. The molecule has 0 radical (unpaired) electrons. The fraction of sp³-hybridized carbons (Fsp3) is 0.348. The summed E-state index contributed by atoms with van der Waals surface area (Å²) in [4.78, 5) is 18.6. The lowest BCUT2D eigenvalue weighted by molar-refractivity contribution is 0.0306. The molecule has 0 N–H and O–H groups in total. The monoisotopic (exact) mass is 440 g/mol. The van der Waals surface area contributed by atoms with Crippen molar-refractivity contribution in [2.45, 2.75) is 32.9 Å². The zero-order chi connectivity index (χ0) is 22.2. The van der Waals surface area contributed by atoms with Gasteiger partial charge in [-0.3, -0.25) is 0 Å². The minimum absolute atomic E-state index is 0.343. The van der Waals surface area contributed by atoms with Gasteiger partial charge in [-0.1, -0.05) is 29.8 Å². The molecule has 4 rings (SSSR count). The second-order valence-electron chi connectivity index (χ2n) is 8.44. The first-order chi connectivity index (χ1) is 14.7. The summed E-state index contributed by atoms with van der Waals surface area (Å²) in [5.74, 6) is 0.800. The summed E-state index contributed by atoms with van der Waals surface area (Å²) in [6.07, 6.45) is 3.33. The maximum absolute atomic E-state index is 12.5. The molecule has 1 aromatic carbocycles. The van der Waals surface area contributed by atoms with E-state index in [0.717, 1.165) is 28.0 Å². The fourth-order valence-corrected chi connectivity index (χ4v) is 3.72. The van der Waals surface area contributed by atoms with Crippen LogP contribution < -0.4 is 4.74 Å². The molecule has 0 fully saturated rings. The lowest BCUT2D eigenvalue weighted by Crippen LogP contribution is -2.35. The first-order valence-electron chi connectivity index (χ1n) is 10.1. The van der Waals surface area contributed by atoms with Gasteiger partial charge in [-0.2, -0.15) is 5.10 Å². The van der Waals surface area contributed by atoms with Gasteiger partial charge in [-0.25, -0.2) is 14.5 Å². The maximum atomic E-state index is 12.5. The third-order valence-electron chi connectivity index (χ3n) is 4.95. The van der Waals surface area contributed by atoms with Crippen LogP contribution in [0.2, 0.25) is 5.02 Å². The topological polar surface area (TPSA) is 69.5 Å². The SMILES string of the molecule is COc1ccc(Cn2nc(C3=CCN(C(=O)OC(C)(C)C)C3)c3c(Cl)ccnc32)cc1. The number of pyridine rings is 1. The van der Waals surface area contributed by atoms with E-state index in [0.29, 0.717) is 30.3 Å². The van der Waals surface area contributed by atoms with Gasteiger partial charge in [0.25, 0.3) is 0 Å². The molecule has 0 saturated carbocycles. The summed E-state index contributed by atoms with van der Waals surface area (Å²) in [6, 6.07) is 9.58. The molecule has 0 aliphatic carbocycles. The van der Waals surface area contributed by atoms with Gasteiger partial charge >= 0.3 is 6.09 Å². The molecule has 3 aromatic rings. The van der Waals surface area contributed by atoms with E-state index >= 15 is 0 Å². The molecule has 1 aliphatic rings. The lowest BCUT2D eigenvalue weighted by atomic mass is 10.1. The number of methoxy groups -OCH3 is 1. The van der Waals surface area contributed by atoms with Crippen LogP contribution in [0.15, 0.2) is 42.6 Å². The Hall–Kier alpha value is -3.06. The quantitative estimate of drug-likeness (QED) is 0.584. The minimum Gasteiger partial charge on any atom is -0.497 e. The van der Waals surface area contributed by atoms with Crippen molar-refractivity contribution in [3.8, 4) is 5.75 Å². The highest BCUT2D eigenvalue weighted by molar-refractivity contribution is 6.35. The van der Waals surface area contributed by atoms with E-state index in [1.54, 1.807) is 24.3 Å². The van der Waals surface area contributed by atoms with Crippen molar-refractivity contribution in [2.24, 2.45) is 0 Å². The summed E-state index contributed by atoms with van der Waals surface area (Å²) in [5, 5.41) is 6.20. The first-order valence-corrected chi connectivity index (χ1v) is 10.4. The van der Waals surface area contributed by atoms with Gasteiger partial charge in [0.05, 0.1) is 30.6 Å². The second kappa shape index (κ2) is 8.23. The van der Waals surface area contributed by atoms with E-state index in [1.165, 1.54) is 0 Å². The molecule has 0 saturated heterocycles. The largest absolute Gasteiger partial charge is 0.497 e. The molecule has 0 atom stereocenters. The zero-order valence-electron chi connectivity index (χ0n) is 18.1. The Bertz CT molecular complexity index is 1150. The zero-order valence-corrected chi connectivity index (χ0v) is 18.8. The number of amides is 1. The van der Waals surface area contributed by atoms with Crippen LogP contribution in [-0.2, 0) is 11.3 Å². The maximum Gasteiger partial charge on any atom is 0.410 e. The van der Waals surface area contributed by atoms with Gasteiger partial charge in [0, 0.05) is 12.7 Å². The first kappa shape index (κ1) is 21.2. The van der Waals surface area contributed by atoms with Gasteiger partial charge in [0.2, 0.25) is 0 Å². The van der Waals surface area contributed by atoms with Gasteiger partial charge in [-0.05, 0) is 50.1 Å². The third-order valence-corrected chi connectivity index (χ3v) is 5.26. The number of aromatic nitrogens is 3. The molecular weight excluding hydrogens is 416 g/mol. The van der Waals surface area contributed by atoms with Crippen molar-refractivity contribution in [3.05, 3.63) is 58.9 Å². The number of benzene rings is 1. The summed E-state index contributed by atoms with van der Waals surface area (Å²) in [5.41, 5.74) is 2.90. The highest BCUT2D eigenvalue weighted by Crippen LogP contribution is 2.32. The number of nitrogens with zero attached hydrogens (tertiary/aromatic N) is 4. The Morgan fingerprint density at radius 1 is 1.19 bits per heavy atom. The van der Waals surface area contributed by atoms with E-state index in [-0.39, 0.29) is 6.09 Å². The van der Waals surface area contributed by atoms with Crippen LogP contribution in [0.5, 0.6) is 5.75 Å². The molecule has 0 spiro atoms. The summed E-state index contributed by atoms with van der Waals surface area (Å²) < 4.78 is 12.6. The number of hydrogen-bond donors (Lipinski definition) is 0. The fourth-order valence-electron chi connectivity index (χ4n) is 3.49. The normalized spacial score (nSPS) is 14.1. The number of hydrogen-bond acceptors (Lipinski definition) is 5. The van der Waals surface area contributed by atoms with Crippen LogP contribution >= 0.6 is 11.6 Å². The molecule has 7 nitrogen and oxygen atoms in total. The molecule has 0 bridgehead atoms. The van der Waals surface area contributed by atoms with Crippen molar-refractivity contribution >= 4 is 34.3 Å². The van der Waals surface area contributed by atoms with Gasteiger partial charge in [-0.15, -0.1) is 0 Å². The number of carbonyl (C=O) groups excluding carboxylic acids is 1. The van der Waals surface area contributed by atoms with Crippen molar-refractivity contribution in [3.63, 3.8) is 0 Å². The third kappa shape index (κ3) is 4.51. The average Bonchev–Trinajstić information content (AvgIpc) is 3.34. The van der Waals surface area contributed by atoms with Crippen molar-refractivity contribution in [2.75, 3.05) is 20.2 Å². The van der Waals surface area contributed by atoms with Crippen LogP contribution in [0.1, 0.15) is 32.0 Å². The molecule has 31 heavy (non-hydrogen) atoms. The Morgan fingerprint density at radius 2 is 1.94 bits per heavy atom. The van der Waals surface area contributed by atoms with Gasteiger partial charge < -0.3 is 14.4 Å². The second-order valence-corrected chi connectivity index (χ2v) is 8.84.